The Labute approximate surface area is 109 Å². The highest BCUT2D eigenvalue weighted by Crippen LogP contribution is 2.25. The maximum Gasteiger partial charge on any atom is 0.336 e. The second-order valence-electron chi connectivity index (χ2n) is 4.24. The number of hydrogen-bond acceptors (Lipinski definition) is 2. The van der Waals surface area contributed by atoms with Crippen LogP contribution in [-0.2, 0) is 0 Å². The molecule has 2 N–H and O–H groups in total. The molecule has 0 fully saturated rings. The van der Waals surface area contributed by atoms with E-state index in [-0.39, 0.29) is 11.1 Å². The van der Waals surface area contributed by atoms with Crippen LogP contribution in [0, 0.1) is 6.92 Å². The van der Waals surface area contributed by atoms with Crippen molar-refractivity contribution in [3.05, 3.63) is 59.2 Å². The molecule has 96 valence electrons. The SMILES string of the molecule is Cc1cccc(-c2ccc(C(=O)O)cc2C(=O)O)c1. The van der Waals surface area contributed by atoms with E-state index in [2.05, 4.69) is 0 Å². The Hall–Kier alpha value is -2.62. The van der Waals surface area contributed by atoms with E-state index >= 15 is 0 Å². The van der Waals surface area contributed by atoms with Gasteiger partial charge < -0.3 is 10.2 Å². The lowest BCUT2D eigenvalue weighted by Crippen LogP contribution is -2.04. The lowest BCUT2D eigenvalue weighted by molar-refractivity contribution is 0.0696. The predicted molar refractivity (Wildman–Crippen MR) is 70.5 cm³/mol. The molecule has 2 aromatic rings. The van der Waals surface area contributed by atoms with Gasteiger partial charge in [-0.15, -0.1) is 0 Å². The van der Waals surface area contributed by atoms with Gasteiger partial charge in [0.05, 0.1) is 11.1 Å². The van der Waals surface area contributed by atoms with Crippen molar-refractivity contribution < 1.29 is 19.8 Å². The van der Waals surface area contributed by atoms with E-state index in [1.54, 1.807) is 6.07 Å². The lowest BCUT2D eigenvalue weighted by Gasteiger charge is -2.08. The molecule has 0 aromatic heterocycles. The first-order valence-electron chi connectivity index (χ1n) is 5.66. The minimum atomic E-state index is -1.14. The van der Waals surface area contributed by atoms with Crippen LogP contribution >= 0.6 is 0 Å². The predicted octanol–water partition coefficient (Wildman–Crippen LogP) is 3.06. The zero-order valence-corrected chi connectivity index (χ0v) is 10.3. The van der Waals surface area contributed by atoms with E-state index in [0.29, 0.717) is 5.56 Å². The van der Waals surface area contributed by atoms with Gasteiger partial charge in [-0.1, -0.05) is 35.9 Å². The summed E-state index contributed by atoms with van der Waals surface area (Å²) < 4.78 is 0. The summed E-state index contributed by atoms with van der Waals surface area (Å²) in [4.78, 5) is 22.1. The van der Waals surface area contributed by atoms with Gasteiger partial charge in [0, 0.05) is 0 Å². The third kappa shape index (κ3) is 2.63. The summed E-state index contributed by atoms with van der Waals surface area (Å²) in [5.74, 6) is -2.28. The zero-order chi connectivity index (χ0) is 14.0. The van der Waals surface area contributed by atoms with Crippen molar-refractivity contribution in [2.24, 2.45) is 0 Å². The summed E-state index contributed by atoms with van der Waals surface area (Å²) in [5, 5.41) is 18.1. The summed E-state index contributed by atoms with van der Waals surface area (Å²) in [5.41, 5.74) is 2.24. The quantitative estimate of drug-likeness (QED) is 0.885. The van der Waals surface area contributed by atoms with Crippen LogP contribution in [0.15, 0.2) is 42.5 Å². The Balaban J connectivity index is 2.63. The molecule has 0 bridgehead atoms. The summed E-state index contributed by atoms with van der Waals surface area (Å²) in [7, 11) is 0. The van der Waals surface area contributed by atoms with Crippen LogP contribution in [0.1, 0.15) is 26.3 Å². The van der Waals surface area contributed by atoms with Crippen molar-refractivity contribution in [2.75, 3.05) is 0 Å². The van der Waals surface area contributed by atoms with Gasteiger partial charge in [-0.05, 0) is 30.2 Å². The standard InChI is InChI=1S/C15H12O4/c1-9-3-2-4-10(7-9)12-6-5-11(14(16)17)8-13(12)15(18)19/h2-8H,1H3,(H,16,17)(H,18,19). The van der Waals surface area contributed by atoms with Gasteiger partial charge in [0.1, 0.15) is 0 Å². The molecule has 0 aliphatic carbocycles. The molecular formula is C15H12O4. The van der Waals surface area contributed by atoms with Crippen molar-refractivity contribution in [1.29, 1.82) is 0 Å². The Morgan fingerprint density at radius 1 is 0.947 bits per heavy atom. The molecular weight excluding hydrogens is 244 g/mol. The second-order valence-corrected chi connectivity index (χ2v) is 4.24. The molecule has 4 nitrogen and oxygen atoms in total. The van der Waals surface area contributed by atoms with E-state index in [9.17, 15) is 14.7 Å². The van der Waals surface area contributed by atoms with Crippen molar-refractivity contribution in [2.45, 2.75) is 6.92 Å². The highest BCUT2D eigenvalue weighted by Gasteiger charge is 2.15. The minimum absolute atomic E-state index is 0.00880. The van der Waals surface area contributed by atoms with Crippen molar-refractivity contribution in [3.63, 3.8) is 0 Å². The fraction of sp³-hybridized carbons (Fsp3) is 0.0667. The van der Waals surface area contributed by atoms with Crippen molar-refractivity contribution >= 4 is 11.9 Å². The molecule has 0 atom stereocenters. The average Bonchev–Trinajstić information content (AvgIpc) is 2.37. The van der Waals surface area contributed by atoms with E-state index < -0.39 is 11.9 Å². The van der Waals surface area contributed by atoms with Gasteiger partial charge in [0.25, 0.3) is 0 Å². The second kappa shape index (κ2) is 4.94. The maximum absolute atomic E-state index is 11.3. The summed E-state index contributed by atoms with van der Waals surface area (Å²) in [6.07, 6.45) is 0. The zero-order valence-electron chi connectivity index (χ0n) is 10.3. The summed E-state index contributed by atoms with van der Waals surface area (Å²) in [6, 6.07) is 11.5. The fourth-order valence-corrected chi connectivity index (χ4v) is 1.92. The van der Waals surface area contributed by atoms with E-state index in [1.807, 2.05) is 25.1 Å². The first-order chi connectivity index (χ1) is 8.99. The molecule has 0 amide bonds. The highest BCUT2D eigenvalue weighted by molar-refractivity contribution is 5.99. The van der Waals surface area contributed by atoms with E-state index in [4.69, 9.17) is 5.11 Å². The van der Waals surface area contributed by atoms with Gasteiger partial charge in [-0.2, -0.15) is 0 Å². The van der Waals surface area contributed by atoms with Crippen LogP contribution in [0.2, 0.25) is 0 Å². The Morgan fingerprint density at radius 3 is 2.26 bits per heavy atom. The normalized spacial score (nSPS) is 10.2. The molecule has 0 spiro atoms. The molecule has 2 rings (SSSR count). The summed E-state index contributed by atoms with van der Waals surface area (Å²) >= 11 is 0. The molecule has 2 aromatic carbocycles. The minimum Gasteiger partial charge on any atom is -0.478 e. The van der Waals surface area contributed by atoms with Crippen LogP contribution in [0.25, 0.3) is 11.1 Å². The van der Waals surface area contributed by atoms with Gasteiger partial charge >= 0.3 is 11.9 Å². The number of carboxylic acid groups (broad SMARTS) is 2. The van der Waals surface area contributed by atoms with Crippen molar-refractivity contribution in [1.82, 2.24) is 0 Å². The van der Waals surface area contributed by atoms with Gasteiger partial charge in [0.15, 0.2) is 0 Å². The molecule has 4 heteroatoms. The average molecular weight is 256 g/mol. The first-order valence-corrected chi connectivity index (χ1v) is 5.66. The van der Waals surface area contributed by atoms with Crippen LogP contribution in [0.4, 0.5) is 0 Å². The van der Waals surface area contributed by atoms with Gasteiger partial charge in [0.2, 0.25) is 0 Å². The Bertz CT molecular complexity index is 659. The van der Waals surface area contributed by atoms with Crippen LogP contribution < -0.4 is 0 Å². The van der Waals surface area contributed by atoms with Gasteiger partial charge in [-0.25, -0.2) is 9.59 Å². The number of aromatic carboxylic acids is 2. The fourth-order valence-electron chi connectivity index (χ4n) is 1.92. The van der Waals surface area contributed by atoms with Crippen LogP contribution in [0.5, 0.6) is 0 Å². The lowest BCUT2D eigenvalue weighted by atomic mass is 9.96. The third-order valence-electron chi connectivity index (χ3n) is 2.83. The molecule has 19 heavy (non-hydrogen) atoms. The molecule has 0 heterocycles. The molecule has 0 saturated heterocycles. The van der Waals surface area contributed by atoms with Crippen molar-refractivity contribution in [3.8, 4) is 11.1 Å². The number of benzene rings is 2. The Morgan fingerprint density at radius 2 is 1.68 bits per heavy atom. The molecule has 0 aliphatic heterocycles. The molecule has 0 aliphatic rings. The van der Waals surface area contributed by atoms with Crippen LogP contribution in [-0.4, -0.2) is 22.2 Å². The van der Waals surface area contributed by atoms with Crippen LogP contribution in [0.3, 0.4) is 0 Å². The number of carboxylic acids is 2. The Kier molecular flexibility index (Phi) is 3.33. The van der Waals surface area contributed by atoms with Gasteiger partial charge in [-0.3, -0.25) is 0 Å². The summed E-state index contributed by atoms with van der Waals surface area (Å²) in [6.45, 7) is 1.91. The monoisotopic (exact) mass is 256 g/mol. The largest absolute Gasteiger partial charge is 0.478 e. The van der Waals surface area contributed by atoms with E-state index in [0.717, 1.165) is 11.1 Å². The van der Waals surface area contributed by atoms with E-state index in [1.165, 1.54) is 18.2 Å². The number of rotatable bonds is 3. The molecule has 0 unspecified atom stereocenters. The number of hydrogen-bond donors (Lipinski definition) is 2. The molecule has 0 saturated carbocycles. The number of aryl methyl sites for hydroxylation is 1. The molecule has 0 radical (unpaired) electrons. The first kappa shape index (κ1) is 12.8. The maximum atomic E-state index is 11.3. The topological polar surface area (TPSA) is 74.6 Å². The highest BCUT2D eigenvalue weighted by atomic mass is 16.4. The number of carbonyl (C=O) groups is 2. The smallest absolute Gasteiger partial charge is 0.336 e. The third-order valence-corrected chi connectivity index (χ3v) is 2.83.